The number of sulfonamides is 1. The van der Waals surface area contributed by atoms with E-state index in [1.807, 2.05) is 4.72 Å². The molecule has 0 radical (unpaired) electrons. The summed E-state index contributed by atoms with van der Waals surface area (Å²) in [5, 5.41) is 0. The SMILES string of the molecule is CC1(S(=O)(=O)NC(=O)C2(N)CC2C(F)F)CC1.Cl. The molecule has 0 spiro atoms. The normalized spacial score (nSPS) is 32.6. The lowest BCUT2D eigenvalue weighted by atomic mass is 10.2. The van der Waals surface area contributed by atoms with Crippen LogP contribution in [0.4, 0.5) is 8.78 Å². The highest BCUT2D eigenvalue weighted by molar-refractivity contribution is 7.91. The lowest BCUT2D eigenvalue weighted by Crippen LogP contribution is -2.50. The molecule has 3 N–H and O–H groups in total. The van der Waals surface area contributed by atoms with Crippen LogP contribution < -0.4 is 10.5 Å². The van der Waals surface area contributed by atoms with E-state index in [0.29, 0.717) is 12.8 Å². The smallest absolute Gasteiger partial charge is 0.254 e. The molecule has 2 saturated carbocycles. The Labute approximate surface area is 110 Å². The third kappa shape index (κ3) is 2.33. The molecule has 0 saturated heterocycles. The number of alkyl halides is 2. The Morgan fingerprint density at radius 2 is 1.94 bits per heavy atom. The van der Waals surface area contributed by atoms with Crippen LogP contribution in [0.3, 0.4) is 0 Å². The first kappa shape index (κ1) is 15.6. The summed E-state index contributed by atoms with van der Waals surface area (Å²) >= 11 is 0. The number of carbonyl (C=O) groups excluding carboxylic acids is 1. The lowest BCUT2D eigenvalue weighted by Gasteiger charge is -2.15. The Bertz CT molecular complexity index is 466. The lowest BCUT2D eigenvalue weighted by molar-refractivity contribution is -0.122. The summed E-state index contributed by atoms with van der Waals surface area (Å²) in [6, 6.07) is 0. The molecule has 0 aromatic rings. The highest BCUT2D eigenvalue weighted by Gasteiger charge is 2.63. The van der Waals surface area contributed by atoms with Crippen LogP contribution in [-0.4, -0.2) is 31.0 Å². The number of nitrogens with two attached hydrogens (primary N) is 1. The van der Waals surface area contributed by atoms with Crippen LogP contribution in [0.25, 0.3) is 0 Å². The minimum atomic E-state index is -3.80. The van der Waals surface area contributed by atoms with E-state index in [9.17, 15) is 22.0 Å². The molecule has 9 heteroatoms. The summed E-state index contributed by atoms with van der Waals surface area (Å²) in [5.41, 5.74) is 3.72. The van der Waals surface area contributed by atoms with Gasteiger partial charge in [0.15, 0.2) is 0 Å². The van der Waals surface area contributed by atoms with E-state index < -0.39 is 38.6 Å². The number of carbonyl (C=O) groups is 1. The fraction of sp³-hybridized carbons (Fsp3) is 0.889. The maximum atomic E-state index is 12.3. The molecule has 2 fully saturated rings. The first-order valence-electron chi connectivity index (χ1n) is 5.26. The van der Waals surface area contributed by atoms with Crippen LogP contribution in [-0.2, 0) is 14.8 Å². The van der Waals surface area contributed by atoms with Gasteiger partial charge in [0.25, 0.3) is 5.91 Å². The number of rotatable bonds is 4. The van der Waals surface area contributed by atoms with Gasteiger partial charge in [0.2, 0.25) is 16.4 Å². The average molecular weight is 305 g/mol. The van der Waals surface area contributed by atoms with Crippen molar-refractivity contribution >= 4 is 28.3 Å². The topological polar surface area (TPSA) is 89.3 Å². The largest absolute Gasteiger partial charge is 0.317 e. The van der Waals surface area contributed by atoms with Gasteiger partial charge in [-0.1, -0.05) is 0 Å². The van der Waals surface area contributed by atoms with E-state index in [4.69, 9.17) is 5.73 Å². The zero-order valence-corrected chi connectivity index (χ0v) is 11.3. The summed E-state index contributed by atoms with van der Waals surface area (Å²) < 4.78 is 49.0. The Morgan fingerprint density at radius 3 is 2.28 bits per heavy atom. The van der Waals surface area contributed by atoms with E-state index in [0.717, 1.165) is 0 Å². The average Bonchev–Trinajstić information content (AvgIpc) is 3.04. The minimum Gasteiger partial charge on any atom is -0.317 e. The third-order valence-electron chi connectivity index (χ3n) is 3.62. The molecule has 2 aliphatic carbocycles. The van der Waals surface area contributed by atoms with E-state index in [-0.39, 0.29) is 18.8 Å². The molecular weight excluding hydrogens is 290 g/mol. The van der Waals surface area contributed by atoms with E-state index in [1.165, 1.54) is 6.92 Å². The van der Waals surface area contributed by atoms with Crippen molar-refractivity contribution in [2.45, 2.75) is 42.9 Å². The zero-order valence-electron chi connectivity index (χ0n) is 9.65. The third-order valence-corrected chi connectivity index (χ3v) is 5.78. The Morgan fingerprint density at radius 1 is 1.44 bits per heavy atom. The predicted octanol–water partition coefficient (Wildman–Crippen LogP) is 0.389. The van der Waals surface area contributed by atoms with Gasteiger partial charge in [-0.25, -0.2) is 17.2 Å². The Kier molecular flexibility index (Phi) is 3.70. The van der Waals surface area contributed by atoms with E-state index in [2.05, 4.69) is 0 Å². The quantitative estimate of drug-likeness (QED) is 0.786. The fourth-order valence-corrected chi connectivity index (χ4v) is 2.98. The molecule has 2 atom stereocenters. The number of hydrogen-bond donors (Lipinski definition) is 2. The molecule has 0 aromatic carbocycles. The second-order valence-electron chi connectivity index (χ2n) is 5.07. The number of halogens is 3. The second-order valence-corrected chi connectivity index (χ2v) is 7.27. The number of nitrogens with one attached hydrogen (secondary N) is 1. The predicted molar refractivity (Wildman–Crippen MR) is 63.0 cm³/mol. The van der Waals surface area contributed by atoms with Gasteiger partial charge >= 0.3 is 0 Å². The van der Waals surface area contributed by atoms with Crippen molar-refractivity contribution in [3.05, 3.63) is 0 Å². The molecular formula is C9H15ClF2N2O3S. The van der Waals surface area contributed by atoms with Crippen molar-refractivity contribution in [1.82, 2.24) is 4.72 Å². The van der Waals surface area contributed by atoms with Crippen LogP contribution in [0.1, 0.15) is 26.2 Å². The summed E-state index contributed by atoms with van der Waals surface area (Å²) in [7, 11) is -3.80. The summed E-state index contributed by atoms with van der Waals surface area (Å²) in [5.74, 6) is -2.26. The van der Waals surface area contributed by atoms with Crippen LogP contribution >= 0.6 is 12.4 Å². The van der Waals surface area contributed by atoms with Gasteiger partial charge in [0.05, 0.1) is 4.75 Å². The van der Waals surface area contributed by atoms with Gasteiger partial charge in [-0.2, -0.15) is 0 Å². The van der Waals surface area contributed by atoms with Crippen LogP contribution in [0, 0.1) is 5.92 Å². The van der Waals surface area contributed by atoms with Crippen molar-refractivity contribution in [2.24, 2.45) is 11.7 Å². The molecule has 106 valence electrons. The number of hydrogen-bond acceptors (Lipinski definition) is 4. The van der Waals surface area contributed by atoms with Crippen molar-refractivity contribution in [3.63, 3.8) is 0 Å². The molecule has 1 amide bonds. The summed E-state index contributed by atoms with van der Waals surface area (Å²) in [6.45, 7) is 1.50. The van der Waals surface area contributed by atoms with Crippen LogP contribution in [0.5, 0.6) is 0 Å². The van der Waals surface area contributed by atoms with Gasteiger partial charge < -0.3 is 5.73 Å². The summed E-state index contributed by atoms with van der Waals surface area (Å²) in [4.78, 5) is 11.6. The molecule has 2 rings (SSSR count). The molecule has 0 bridgehead atoms. The maximum absolute atomic E-state index is 12.3. The Hall–Kier alpha value is -0.470. The van der Waals surface area contributed by atoms with Crippen LogP contribution in [0.2, 0.25) is 0 Å². The molecule has 5 nitrogen and oxygen atoms in total. The van der Waals surface area contributed by atoms with E-state index in [1.54, 1.807) is 0 Å². The molecule has 0 heterocycles. The highest BCUT2D eigenvalue weighted by atomic mass is 35.5. The van der Waals surface area contributed by atoms with Gasteiger partial charge in [-0.3, -0.25) is 9.52 Å². The maximum Gasteiger partial charge on any atom is 0.254 e. The van der Waals surface area contributed by atoms with Crippen LogP contribution in [0.15, 0.2) is 0 Å². The van der Waals surface area contributed by atoms with Crippen molar-refractivity contribution in [2.75, 3.05) is 0 Å². The second kappa shape index (κ2) is 4.28. The van der Waals surface area contributed by atoms with Crippen molar-refractivity contribution in [3.8, 4) is 0 Å². The van der Waals surface area contributed by atoms with E-state index >= 15 is 0 Å². The first-order chi connectivity index (χ1) is 7.62. The zero-order chi connectivity index (χ0) is 13.1. The summed E-state index contributed by atoms with van der Waals surface area (Å²) in [6.07, 6.45) is -1.95. The molecule has 0 aromatic heterocycles. The fourth-order valence-electron chi connectivity index (χ4n) is 1.66. The molecule has 2 unspecified atom stereocenters. The van der Waals surface area contributed by atoms with Gasteiger partial charge in [-0.15, -0.1) is 12.4 Å². The van der Waals surface area contributed by atoms with Gasteiger partial charge in [0, 0.05) is 5.92 Å². The van der Waals surface area contributed by atoms with Gasteiger partial charge in [0.1, 0.15) is 5.54 Å². The first-order valence-corrected chi connectivity index (χ1v) is 6.74. The van der Waals surface area contributed by atoms with Crippen molar-refractivity contribution in [1.29, 1.82) is 0 Å². The molecule has 0 aliphatic heterocycles. The monoisotopic (exact) mass is 304 g/mol. The molecule has 2 aliphatic rings. The Balaban J connectivity index is 0.00000162. The van der Waals surface area contributed by atoms with Crippen molar-refractivity contribution < 1.29 is 22.0 Å². The minimum absolute atomic E-state index is 0. The number of amides is 1. The molecule has 18 heavy (non-hydrogen) atoms. The van der Waals surface area contributed by atoms with Gasteiger partial charge in [-0.05, 0) is 26.2 Å². The standard InChI is InChI=1S/C9H14F2N2O3S.ClH/c1-8(2-3-8)17(15,16)13-7(14)9(12)4-5(9)6(10)11;/h5-6H,2-4,12H2,1H3,(H,13,14);1H. The highest BCUT2D eigenvalue weighted by Crippen LogP contribution is 2.47.